The van der Waals surface area contributed by atoms with Gasteiger partial charge in [-0.05, 0) is 29.3 Å². The second-order valence-electron chi connectivity index (χ2n) is 6.17. The molecule has 0 aliphatic carbocycles. The second kappa shape index (κ2) is 6.84. The summed E-state index contributed by atoms with van der Waals surface area (Å²) in [5, 5.41) is 10.1. The lowest BCUT2D eigenvalue weighted by Crippen LogP contribution is -2.29. The number of benzene rings is 2. The minimum absolute atomic E-state index is 0.109. The van der Waals surface area contributed by atoms with E-state index in [4.69, 9.17) is 0 Å². The number of amides is 2. The van der Waals surface area contributed by atoms with Gasteiger partial charge in [0.15, 0.2) is 0 Å². The number of hydrogen-bond acceptors (Lipinski definition) is 3. The molecule has 6 nitrogen and oxygen atoms in total. The highest BCUT2D eigenvalue weighted by atomic mass is 16.2. The number of aromatic nitrogens is 2. The van der Waals surface area contributed by atoms with Gasteiger partial charge in [-0.25, -0.2) is 4.68 Å². The Morgan fingerprint density at radius 1 is 1.12 bits per heavy atom. The molecule has 2 heterocycles. The zero-order valence-electron chi connectivity index (χ0n) is 14.1. The largest absolute Gasteiger partial charge is 0.352 e. The van der Waals surface area contributed by atoms with Crippen LogP contribution in [0, 0.1) is 0 Å². The molecule has 1 aliphatic heterocycles. The highest BCUT2D eigenvalue weighted by molar-refractivity contribution is 5.99. The molecule has 3 aromatic rings. The minimum atomic E-state index is -0.278. The average molecular weight is 346 g/mol. The van der Waals surface area contributed by atoms with Gasteiger partial charge in [0.2, 0.25) is 5.91 Å². The van der Waals surface area contributed by atoms with Crippen LogP contribution in [0.1, 0.15) is 33.9 Å². The lowest BCUT2D eigenvalue weighted by molar-refractivity contribution is -0.121. The van der Waals surface area contributed by atoms with E-state index in [-0.39, 0.29) is 24.3 Å². The van der Waals surface area contributed by atoms with Crippen molar-refractivity contribution in [3.8, 4) is 5.69 Å². The molecule has 2 N–H and O–H groups in total. The maximum Gasteiger partial charge on any atom is 0.252 e. The standard InChI is InChI=1S/C20H18N4O2/c25-19(12-17-15-7-2-3-8-16(15)20(26)23-17)21-13-14-6-1-4-9-18(14)24-11-5-10-22-24/h1-11,17H,12-13H2,(H,21,25)(H,23,26). The van der Waals surface area contributed by atoms with E-state index in [9.17, 15) is 9.59 Å². The van der Waals surface area contributed by atoms with E-state index in [1.54, 1.807) is 16.9 Å². The van der Waals surface area contributed by atoms with Gasteiger partial charge in [0.1, 0.15) is 0 Å². The maximum absolute atomic E-state index is 12.4. The number of nitrogens with one attached hydrogen (secondary N) is 2. The lowest BCUT2D eigenvalue weighted by Gasteiger charge is -2.13. The number of nitrogens with zero attached hydrogens (tertiary/aromatic N) is 2. The molecular weight excluding hydrogens is 328 g/mol. The van der Waals surface area contributed by atoms with Crippen LogP contribution in [0.3, 0.4) is 0 Å². The molecule has 2 amide bonds. The van der Waals surface area contributed by atoms with Crippen molar-refractivity contribution in [2.45, 2.75) is 19.0 Å². The summed E-state index contributed by atoms with van der Waals surface area (Å²) in [5.74, 6) is -0.232. The number of hydrogen-bond donors (Lipinski definition) is 2. The summed E-state index contributed by atoms with van der Waals surface area (Å²) in [7, 11) is 0. The molecule has 0 radical (unpaired) electrons. The Bertz CT molecular complexity index is 950. The van der Waals surface area contributed by atoms with Crippen LogP contribution in [0.4, 0.5) is 0 Å². The van der Waals surface area contributed by atoms with Crippen molar-refractivity contribution in [1.29, 1.82) is 0 Å². The quantitative estimate of drug-likeness (QED) is 0.745. The van der Waals surface area contributed by atoms with Gasteiger partial charge in [-0.15, -0.1) is 0 Å². The molecule has 26 heavy (non-hydrogen) atoms. The molecule has 2 aromatic carbocycles. The Hall–Kier alpha value is -3.41. The van der Waals surface area contributed by atoms with Crippen LogP contribution in [-0.2, 0) is 11.3 Å². The molecule has 1 unspecified atom stereocenters. The Labute approximate surface area is 150 Å². The van der Waals surface area contributed by atoms with Crippen LogP contribution in [0.5, 0.6) is 0 Å². The molecule has 6 heteroatoms. The third-order valence-electron chi connectivity index (χ3n) is 4.49. The van der Waals surface area contributed by atoms with Gasteiger partial charge >= 0.3 is 0 Å². The maximum atomic E-state index is 12.4. The highest BCUT2D eigenvalue weighted by Crippen LogP contribution is 2.27. The fourth-order valence-electron chi connectivity index (χ4n) is 3.23. The molecule has 0 bridgehead atoms. The van der Waals surface area contributed by atoms with Crippen LogP contribution in [0.15, 0.2) is 67.0 Å². The third kappa shape index (κ3) is 3.09. The zero-order chi connectivity index (χ0) is 17.9. The van der Waals surface area contributed by atoms with Gasteiger partial charge in [0.05, 0.1) is 18.2 Å². The van der Waals surface area contributed by atoms with Crippen molar-refractivity contribution in [2.24, 2.45) is 0 Å². The monoisotopic (exact) mass is 346 g/mol. The summed E-state index contributed by atoms with van der Waals surface area (Å²) in [6.07, 6.45) is 3.80. The number of carbonyl (C=O) groups is 2. The molecule has 0 fully saturated rings. The molecule has 0 spiro atoms. The Morgan fingerprint density at radius 2 is 1.92 bits per heavy atom. The molecule has 1 atom stereocenters. The van der Waals surface area contributed by atoms with E-state index in [2.05, 4.69) is 15.7 Å². The lowest BCUT2D eigenvalue weighted by atomic mass is 10.0. The SMILES string of the molecule is O=C(CC1NC(=O)c2ccccc21)NCc1ccccc1-n1cccn1. The first-order valence-electron chi connectivity index (χ1n) is 8.47. The fourth-order valence-corrected chi connectivity index (χ4v) is 3.23. The van der Waals surface area contributed by atoms with E-state index < -0.39 is 0 Å². The van der Waals surface area contributed by atoms with E-state index in [0.29, 0.717) is 12.1 Å². The van der Waals surface area contributed by atoms with Gasteiger partial charge in [0, 0.05) is 24.5 Å². The van der Waals surface area contributed by atoms with Gasteiger partial charge in [-0.1, -0.05) is 36.4 Å². The van der Waals surface area contributed by atoms with E-state index in [1.165, 1.54) is 0 Å². The Morgan fingerprint density at radius 3 is 2.77 bits per heavy atom. The molecule has 4 rings (SSSR count). The number of carbonyl (C=O) groups excluding carboxylic acids is 2. The van der Waals surface area contributed by atoms with Crippen LogP contribution in [0.2, 0.25) is 0 Å². The van der Waals surface area contributed by atoms with Gasteiger partial charge in [0.25, 0.3) is 5.91 Å². The van der Waals surface area contributed by atoms with Crippen molar-refractivity contribution >= 4 is 11.8 Å². The van der Waals surface area contributed by atoms with E-state index in [1.807, 2.05) is 54.7 Å². The molecule has 0 saturated carbocycles. The van der Waals surface area contributed by atoms with Crippen LogP contribution >= 0.6 is 0 Å². The smallest absolute Gasteiger partial charge is 0.252 e. The molecule has 0 saturated heterocycles. The topological polar surface area (TPSA) is 76.0 Å². The van der Waals surface area contributed by atoms with E-state index in [0.717, 1.165) is 16.8 Å². The second-order valence-corrected chi connectivity index (χ2v) is 6.17. The van der Waals surface area contributed by atoms with Crippen molar-refractivity contribution < 1.29 is 9.59 Å². The van der Waals surface area contributed by atoms with Crippen molar-refractivity contribution in [3.63, 3.8) is 0 Å². The van der Waals surface area contributed by atoms with Crippen LogP contribution in [0.25, 0.3) is 5.69 Å². The van der Waals surface area contributed by atoms with Crippen molar-refractivity contribution in [1.82, 2.24) is 20.4 Å². The molecule has 130 valence electrons. The summed E-state index contributed by atoms with van der Waals surface area (Å²) in [4.78, 5) is 24.4. The fraction of sp³-hybridized carbons (Fsp3) is 0.150. The molecule has 1 aromatic heterocycles. The number of rotatable bonds is 5. The first kappa shape index (κ1) is 16.1. The summed E-state index contributed by atoms with van der Waals surface area (Å²) in [5.41, 5.74) is 3.43. The molecular formula is C20H18N4O2. The minimum Gasteiger partial charge on any atom is -0.352 e. The van der Waals surface area contributed by atoms with Crippen LogP contribution in [-0.4, -0.2) is 21.6 Å². The van der Waals surface area contributed by atoms with Gasteiger partial charge < -0.3 is 10.6 Å². The summed E-state index contributed by atoms with van der Waals surface area (Å²) in [6.45, 7) is 0.400. The Kier molecular flexibility index (Phi) is 4.23. The number of para-hydroxylation sites is 1. The first-order valence-corrected chi connectivity index (χ1v) is 8.47. The predicted molar refractivity (Wildman–Crippen MR) is 96.7 cm³/mol. The zero-order valence-corrected chi connectivity index (χ0v) is 14.1. The first-order chi connectivity index (χ1) is 12.7. The highest BCUT2D eigenvalue weighted by Gasteiger charge is 2.29. The van der Waals surface area contributed by atoms with E-state index >= 15 is 0 Å². The normalized spacial score (nSPS) is 15.4. The van der Waals surface area contributed by atoms with Gasteiger partial charge in [-0.2, -0.15) is 5.10 Å². The Balaban J connectivity index is 1.42. The number of fused-ring (bicyclic) bond motifs is 1. The van der Waals surface area contributed by atoms with Crippen molar-refractivity contribution in [2.75, 3.05) is 0 Å². The van der Waals surface area contributed by atoms with Gasteiger partial charge in [-0.3, -0.25) is 9.59 Å². The van der Waals surface area contributed by atoms with Crippen LogP contribution < -0.4 is 10.6 Å². The summed E-state index contributed by atoms with van der Waals surface area (Å²) in [6, 6.07) is 16.7. The predicted octanol–water partition coefficient (Wildman–Crippen LogP) is 2.36. The summed E-state index contributed by atoms with van der Waals surface area (Å²) >= 11 is 0. The third-order valence-corrected chi connectivity index (χ3v) is 4.49. The molecule has 1 aliphatic rings. The average Bonchev–Trinajstić information content (AvgIpc) is 3.30. The summed E-state index contributed by atoms with van der Waals surface area (Å²) < 4.78 is 1.77. The van der Waals surface area contributed by atoms with Crippen molar-refractivity contribution in [3.05, 3.63) is 83.7 Å².